The van der Waals surface area contributed by atoms with Crippen LogP contribution in [0.15, 0.2) is 30.5 Å². The SMILES string of the molecule is C[C@@](NCc1ccc(F)cc1)(c1cn(C2(N)CC2)nn1)C1CCCCC1. The number of nitrogens with zero attached hydrogens (tertiary/aromatic N) is 3. The normalized spacial score (nSPS) is 22.1. The van der Waals surface area contributed by atoms with Crippen molar-refractivity contribution in [1.82, 2.24) is 20.3 Å². The molecule has 140 valence electrons. The summed E-state index contributed by atoms with van der Waals surface area (Å²) in [5, 5.41) is 12.6. The Balaban J connectivity index is 1.58. The molecule has 0 radical (unpaired) electrons. The third kappa shape index (κ3) is 3.40. The van der Waals surface area contributed by atoms with Gasteiger partial charge in [0.15, 0.2) is 0 Å². The number of hydrogen-bond donors (Lipinski definition) is 2. The molecule has 1 aromatic heterocycles. The lowest BCUT2D eigenvalue weighted by Gasteiger charge is -2.39. The smallest absolute Gasteiger partial charge is 0.123 e. The fourth-order valence-electron chi connectivity index (χ4n) is 4.09. The third-order valence-electron chi connectivity index (χ3n) is 6.24. The topological polar surface area (TPSA) is 68.8 Å². The fourth-order valence-corrected chi connectivity index (χ4v) is 4.09. The van der Waals surface area contributed by atoms with Crippen molar-refractivity contribution in [2.75, 3.05) is 0 Å². The van der Waals surface area contributed by atoms with Gasteiger partial charge in [-0.15, -0.1) is 5.10 Å². The van der Waals surface area contributed by atoms with Crippen LogP contribution in [0.1, 0.15) is 63.1 Å². The van der Waals surface area contributed by atoms with Gasteiger partial charge < -0.3 is 11.1 Å². The van der Waals surface area contributed by atoms with Crippen LogP contribution in [0.5, 0.6) is 0 Å². The van der Waals surface area contributed by atoms with E-state index in [0.717, 1.165) is 24.1 Å². The number of aromatic nitrogens is 3. The van der Waals surface area contributed by atoms with E-state index in [2.05, 4.69) is 22.6 Å². The van der Waals surface area contributed by atoms with Crippen molar-refractivity contribution in [3.05, 3.63) is 47.5 Å². The van der Waals surface area contributed by atoms with Crippen LogP contribution in [-0.4, -0.2) is 15.0 Å². The maximum atomic E-state index is 13.2. The summed E-state index contributed by atoms with van der Waals surface area (Å²) in [4.78, 5) is 0. The number of nitrogens with two attached hydrogens (primary N) is 1. The Labute approximate surface area is 154 Å². The minimum Gasteiger partial charge on any atom is -0.307 e. The van der Waals surface area contributed by atoms with Gasteiger partial charge in [0.2, 0.25) is 0 Å². The molecule has 2 aromatic rings. The van der Waals surface area contributed by atoms with E-state index in [4.69, 9.17) is 5.73 Å². The second-order valence-electron chi connectivity index (χ2n) is 8.17. The van der Waals surface area contributed by atoms with Crippen molar-refractivity contribution in [3.63, 3.8) is 0 Å². The first-order chi connectivity index (χ1) is 12.5. The van der Waals surface area contributed by atoms with Crippen molar-refractivity contribution in [2.24, 2.45) is 11.7 Å². The first kappa shape index (κ1) is 17.6. The number of halogens is 1. The van der Waals surface area contributed by atoms with E-state index < -0.39 is 0 Å². The minimum atomic E-state index is -0.338. The molecule has 2 aliphatic rings. The van der Waals surface area contributed by atoms with Gasteiger partial charge in [0.05, 0.1) is 11.7 Å². The molecule has 2 saturated carbocycles. The summed E-state index contributed by atoms with van der Waals surface area (Å²) in [7, 11) is 0. The highest BCUT2D eigenvalue weighted by atomic mass is 19.1. The maximum Gasteiger partial charge on any atom is 0.123 e. The molecule has 3 N–H and O–H groups in total. The highest BCUT2D eigenvalue weighted by molar-refractivity contribution is 5.19. The summed E-state index contributed by atoms with van der Waals surface area (Å²) in [5.41, 5.74) is 7.71. The van der Waals surface area contributed by atoms with Crippen LogP contribution in [0.3, 0.4) is 0 Å². The molecule has 0 saturated heterocycles. The average Bonchev–Trinajstić information content (AvgIpc) is 3.21. The van der Waals surface area contributed by atoms with Crippen LogP contribution < -0.4 is 11.1 Å². The highest BCUT2D eigenvalue weighted by Gasteiger charge is 2.44. The molecule has 1 atom stereocenters. The summed E-state index contributed by atoms with van der Waals surface area (Å²) in [6.45, 7) is 2.91. The van der Waals surface area contributed by atoms with E-state index in [1.807, 2.05) is 23.0 Å². The zero-order chi connectivity index (χ0) is 18.2. The second-order valence-corrected chi connectivity index (χ2v) is 8.17. The van der Waals surface area contributed by atoms with Gasteiger partial charge in [0.25, 0.3) is 0 Å². The standard InChI is InChI=1S/C20H28FN5/c1-19(16-5-3-2-4-6-16,23-13-15-7-9-17(21)10-8-15)18-14-26(25-24-18)20(22)11-12-20/h7-10,14,16,23H,2-6,11-13,22H2,1H3/t19-/m0/s1. The number of nitrogens with one attached hydrogen (secondary N) is 1. The molecule has 5 nitrogen and oxygen atoms in total. The monoisotopic (exact) mass is 357 g/mol. The summed E-state index contributed by atoms with van der Waals surface area (Å²) in [6.07, 6.45) is 10.1. The van der Waals surface area contributed by atoms with Crippen molar-refractivity contribution in [3.8, 4) is 0 Å². The molecule has 2 aliphatic carbocycles. The van der Waals surface area contributed by atoms with Crippen molar-refractivity contribution in [1.29, 1.82) is 0 Å². The molecule has 1 aromatic carbocycles. The first-order valence-electron chi connectivity index (χ1n) is 9.71. The van der Waals surface area contributed by atoms with E-state index in [-0.39, 0.29) is 17.0 Å². The van der Waals surface area contributed by atoms with Crippen molar-refractivity contribution >= 4 is 0 Å². The zero-order valence-electron chi connectivity index (χ0n) is 15.4. The van der Waals surface area contributed by atoms with Gasteiger partial charge in [-0.3, -0.25) is 0 Å². The fraction of sp³-hybridized carbons (Fsp3) is 0.600. The Bertz CT molecular complexity index is 746. The molecule has 0 spiro atoms. The van der Waals surface area contributed by atoms with Crippen LogP contribution in [0, 0.1) is 11.7 Å². The number of benzene rings is 1. The lowest BCUT2D eigenvalue weighted by atomic mass is 9.74. The largest absolute Gasteiger partial charge is 0.307 e. The van der Waals surface area contributed by atoms with Gasteiger partial charge in [0.1, 0.15) is 17.2 Å². The molecule has 6 heteroatoms. The van der Waals surface area contributed by atoms with E-state index in [1.165, 1.54) is 44.2 Å². The summed E-state index contributed by atoms with van der Waals surface area (Å²) in [5.74, 6) is 0.305. The van der Waals surface area contributed by atoms with Crippen LogP contribution in [0.4, 0.5) is 4.39 Å². The molecule has 2 fully saturated rings. The van der Waals surface area contributed by atoms with Crippen LogP contribution in [0.25, 0.3) is 0 Å². The predicted octanol–water partition coefficient (Wildman–Crippen LogP) is 3.41. The Kier molecular flexibility index (Phi) is 4.57. The van der Waals surface area contributed by atoms with E-state index in [0.29, 0.717) is 12.5 Å². The van der Waals surface area contributed by atoms with Gasteiger partial charge in [-0.1, -0.05) is 36.6 Å². The Morgan fingerprint density at radius 3 is 2.58 bits per heavy atom. The molecular weight excluding hydrogens is 329 g/mol. The Morgan fingerprint density at radius 1 is 1.23 bits per heavy atom. The number of hydrogen-bond acceptors (Lipinski definition) is 4. The lowest BCUT2D eigenvalue weighted by molar-refractivity contribution is 0.170. The quantitative estimate of drug-likeness (QED) is 0.831. The highest BCUT2D eigenvalue weighted by Crippen LogP contribution is 2.41. The molecule has 4 rings (SSSR count). The summed E-state index contributed by atoms with van der Waals surface area (Å²) in [6, 6.07) is 6.69. The second kappa shape index (κ2) is 6.74. The van der Waals surface area contributed by atoms with Crippen molar-refractivity contribution in [2.45, 2.75) is 69.6 Å². The van der Waals surface area contributed by atoms with Gasteiger partial charge in [0, 0.05) is 6.54 Å². The van der Waals surface area contributed by atoms with E-state index >= 15 is 0 Å². The predicted molar refractivity (Wildman–Crippen MR) is 98.6 cm³/mol. The van der Waals surface area contributed by atoms with Crippen LogP contribution in [-0.2, 0) is 17.7 Å². The van der Waals surface area contributed by atoms with Gasteiger partial charge in [-0.25, -0.2) is 9.07 Å². The molecule has 0 unspecified atom stereocenters. The minimum absolute atomic E-state index is 0.204. The maximum absolute atomic E-state index is 13.2. The van der Waals surface area contributed by atoms with Crippen LogP contribution >= 0.6 is 0 Å². The molecule has 0 amide bonds. The van der Waals surface area contributed by atoms with E-state index in [9.17, 15) is 4.39 Å². The third-order valence-corrected chi connectivity index (χ3v) is 6.24. The van der Waals surface area contributed by atoms with Gasteiger partial charge >= 0.3 is 0 Å². The lowest BCUT2D eigenvalue weighted by Crippen LogP contribution is -2.46. The summed E-state index contributed by atoms with van der Waals surface area (Å²) >= 11 is 0. The molecule has 0 aliphatic heterocycles. The first-order valence-corrected chi connectivity index (χ1v) is 9.71. The molecular formula is C20H28FN5. The Morgan fingerprint density at radius 2 is 1.92 bits per heavy atom. The van der Waals surface area contributed by atoms with Crippen molar-refractivity contribution < 1.29 is 4.39 Å². The molecule has 0 bridgehead atoms. The van der Waals surface area contributed by atoms with Gasteiger partial charge in [-0.2, -0.15) is 0 Å². The Hall–Kier alpha value is -1.79. The molecule has 26 heavy (non-hydrogen) atoms. The zero-order valence-corrected chi connectivity index (χ0v) is 15.4. The van der Waals surface area contributed by atoms with E-state index in [1.54, 1.807) is 0 Å². The van der Waals surface area contributed by atoms with Gasteiger partial charge in [-0.05, 0) is 56.2 Å². The summed E-state index contributed by atoms with van der Waals surface area (Å²) < 4.78 is 15.0. The molecule has 1 heterocycles. The average molecular weight is 357 g/mol. The number of rotatable bonds is 6. The van der Waals surface area contributed by atoms with Crippen LogP contribution in [0.2, 0.25) is 0 Å².